The van der Waals surface area contributed by atoms with Gasteiger partial charge in [-0.1, -0.05) is 18.6 Å². The van der Waals surface area contributed by atoms with Gasteiger partial charge in [0.05, 0.1) is 78.7 Å². The molecule has 0 aromatic rings. The first-order valence-electron chi connectivity index (χ1n) is 24.7. The van der Waals surface area contributed by atoms with Gasteiger partial charge in [0.15, 0.2) is 30.9 Å². The molecule has 0 aromatic heterocycles. The molecule has 17 nitrogen and oxygen atoms in total. The Hall–Kier alpha value is -1.23. The van der Waals surface area contributed by atoms with Crippen molar-refractivity contribution in [1.29, 1.82) is 0 Å². The van der Waals surface area contributed by atoms with Gasteiger partial charge in [-0.05, 0) is 72.6 Å². The first kappa shape index (κ1) is 49.7. The minimum Gasteiger partial charge on any atom is -0.390 e. The fourth-order valence-electron chi connectivity index (χ4n) is 13.8. The van der Waals surface area contributed by atoms with Gasteiger partial charge in [0.25, 0.3) is 0 Å². The summed E-state index contributed by atoms with van der Waals surface area (Å²) in [4.78, 5) is 13.4. The van der Waals surface area contributed by atoms with E-state index in [2.05, 4.69) is 26.8 Å². The standard InChI is InChI=1S/C49H78O17/c1-23-29-12-13-37(51)48(29,7)38-21-36-47(6)22-30(50)31(16-28(47)14-15-49(36,65-23)66-38)61-39-18-33(54-9)44(25(3)58-39)63-41-20-35(56-11)46(27(5)60-41)64-42-19-34(55-10)45(26(4)59-42)62-40-17-32(53-8)43(52)24(2)57-40/h14,23-27,29-36,38-46,50,52H,12-13,15-22H2,1-11H3. The Bertz CT molecular complexity index is 1740. The molecule has 17 heteroatoms. The molecule has 376 valence electrons. The maximum absolute atomic E-state index is 13.4. The second-order valence-corrected chi connectivity index (χ2v) is 21.3. The number of aliphatic hydroxyl groups excluding tert-OH is 2. The lowest BCUT2D eigenvalue weighted by Gasteiger charge is -2.54. The lowest BCUT2D eigenvalue weighted by Crippen LogP contribution is -2.58. The molecule has 9 aliphatic rings. The summed E-state index contributed by atoms with van der Waals surface area (Å²) in [6.45, 7) is 14.0. The van der Waals surface area contributed by atoms with E-state index in [4.69, 9.17) is 66.3 Å². The van der Waals surface area contributed by atoms with Crippen LogP contribution in [0, 0.1) is 22.7 Å². The Morgan fingerprint density at radius 3 is 1.61 bits per heavy atom. The number of Topliss-reactive ketones (excluding diaryl/α,β-unsaturated/α-hetero) is 1. The van der Waals surface area contributed by atoms with Crippen LogP contribution in [0.2, 0.25) is 0 Å². The summed E-state index contributed by atoms with van der Waals surface area (Å²) < 4.78 is 88.8. The Kier molecular flexibility index (Phi) is 14.6. The minimum atomic E-state index is -0.800. The van der Waals surface area contributed by atoms with Crippen LogP contribution in [0.3, 0.4) is 0 Å². The molecule has 9 rings (SSSR count). The van der Waals surface area contributed by atoms with E-state index < -0.39 is 104 Å². The third kappa shape index (κ3) is 8.82. The van der Waals surface area contributed by atoms with Crippen LogP contribution in [0.1, 0.15) is 113 Å². The Morgan fingerprint density at radius 1 is 0.606 bits per heavy atom. The maximum atomic E-state index is 13.4. The highest BCUT2D eigenvalue weighted by atomic mass is 16.8. The largest absolute Gasteiger partial charge is 0.390 e. The second kappa shape index (κ2) is 19.4. The number of ketones is 1. The zero-order valence-electron chi connectivity index (χ0n) is 40.9. The van der Waals surface area contributed by atoms with Crippen molar-refractivity contribution in [3.8, 4) is 0 Å². The molecule has 2 bridgehead atoms. The van der Waals surface area contributed by atoms with E-state index in [0.29, 0.717) is 51.4 Å². The van der Waals surface area contributed by atoms with Gasteiger partial charge in [0.1, 0.15) is 30.2 Å². The number of hydrogen-bond acceptors (Lipinski definition) is 17. The fraction of sp³-hybridized carbons (Fsp3) is 0.939. The molecule has 6 saturated heterocycles. The van der Waals surface area contributed by atoms with Gasteiger partial charge in [-0.25, -0.2) is 0 Å². The number of methoxy groups -OCH3 is 4. The zero-order valence-corrected chi connectivity index (χ0v) is 40.9. The van der Waals surface area contributed by atoms with Gasteiger partial charge in [-0.3, -0.25) is 4.79 Å². The third-order valence-corrected chi connectivity index (χ3v) is 17.6. The SMILES string of the molecule is COC1CC(OC2C(C)OC(OC3C(C)OC(OC4C(C)OC(OC5CC6=CCC78OC(C)C9CCC(=O)C9(C)C(CC7C6(C)CC5O)O8)CC4OC)CC3OC)CC2OC)OC(C)C1O. The molecule has 0 amide bonds. The number of hydrogen-bond donors (Lipinski definition) is 2. The summed E-state index contributed by atoms with van der Waals surface area (Å²) in [5, 5.41) is 22.3. The fourth-order valence-corrected chi connectivity index (χ4v) is 13.8. The van der Waals surface area contributed by atoms with Crippen LogP contribution in [0.5, 0.6) is 0 Å². The van der Waals surface area contributed by atoms with Crippen LogP contribution in [-0.2, 0) is 71.1 Å². The highest BCUT2D eigenvalue weighted by Gasteiger charge is 2.69. The number of rotatable bonds is 12. The highest BCUT2D eigenvalue weighted by molar-refractivity contribution is 5.88. The summed E-state index contributed by atoms with van der Waals surface area (Å²) in [6.07, 6.45) is -1.63. The predicted octanol–water partition coefficient (Wildman–Crippen LogP) is 4.48. The number of aliphatic hydroxyl groups is 2. The van der Waals surface area contributed by atoms with Gasteiger partial charge >= 0.3 is 0 Å². The average Bonchev–Trinajstić information content (AvgIpc) is 3.80. The summed E-state index contributed by atoms with van der Waals surface area (Å²) in [5.74, 6) is -0.347. The quantitative estimate of drug-likeness (QED) is 0.261. The van der Waals surface area contributed by atoms with E-state index in [-0.39, 0.29) is 53.6 Å². The number of carbonyl (C=O) groups excluding carboxylic acids is 1. The van der Waals surface area contributed by atoms with Gasteiger partial charge in [-0.2, -0.15) is 0 Å². The third-order valence-electron chi connectivity index (χ3n) is 17.6. The van der Waals surface area contributed by atoms with Crippen LogP contribution in [-0.4, -0.2) is 173 Å². The normalized spacial score (nSPS) is 54.0. The second-order valence-electron chi connectivity index (χ2n) is 21.3. The first-order valence-corrected chi connectivity index (χ1v) is 24.7. The van der Waals surface area contributed by atoms with Gasteiger partial charge in [-0.15, -0.1) is 0 Å². The van der Waals surface area contributed by atoms with Gasteiger partial charge in [0, 0.05) is 78.8 Å². The van der Waals surface area contributed by atoms with Crippen LogP contribution in [0.25, 0.3) is 0 Å². The molecule has 6 aliphatic heterocycles. The van der Waals surface area contributed by atoms with Crippen molar-refractivity contribution in [2.75, 3.05) is 28.4 Å². The number of fused-ring (bicyclic) bond motifs is 5. The summed E-state index contributed by atoms with van der Waals surface area (Å²) in [7, 11) is 6.53. The monoisotopic (exact) mass is 939 g/mol. The summed E-state index contributed by atoms with van der Waals surface area (Å²) in [6, 6.07) is 0. The molecule has 2 saturated carbocycles. The van der Waals surface area contributed by atoms with Crippen LogP contribution < -0.4 is 0 Å². The van der Waals surface area contributed by atoms with Gasteiger partial charge < -0.3 is 76.5 Å². The number of ether oxygens (including phenoxy) is 14. The Labute approximate surface area is 390 Å². The van der Waals surface area contributed by atoms with E-state index in [1.54, 1.807) is 35.4 Å². The summed E-state index contributed by atoms with van der Waals surface area (Å²) >= 11 is 0. The van der Waals surface area contributed by atoms with E-state index in [0.717, 1.165) is 12.8 Å². The lowest BCUT2D eigenvalue weighted by molar-refractivity contribution is -0.348. The molecular weight excluding hydrogens is 861 g/mol. The van der Waals surface area contributed by atoms with Crippen molar-refractivity contribution in [3.05, 3.63) is 11.6 Å². The van der Waals surface area contributed by atoms with Crippen LogP contribution in [0.4, 0.5) is 0 Å². The van der Waals surface area contributed by atoms with Crippen molar-refractivity contribution >= 4 is 5.78 Å². The van der Waals surface area contributed by atoms with Crippen molar-refractivity contribution in [2.45, 2.75) is 241 Å². The van der Waals surface area contributed by atoms with Crippen molar-refractivity contribution in [3.63, 3.8) is 0 Å². The van der Waals surface area contributed by atoms with E-state index >= 15 is 0 Å². The molecule has 3 aliphatic carbocycles. The molecule has 0 aromatic carbocycles. The molecule has 1 spiro atoms. The molecule has 25 unspecified atom stereocenters. The smallest absolute Gasteiger partial charge is 0.176 e. The van der Waals surface area contributed by atoms with Crippen molar-refractivity contribution in [1.82, 2.24) is 0 Å². The molecule has 66 heavy (non-hydrogen) atoms. The van der Waals surface area contributed by atoms with Crippen molar-refractivity contribution < 1.29 is 81.3 Å². The molecule has 8 fully saturated rings. The minimum absolute atomic E-state index is 0.0134. The van der Waals surface area contributed by atoms with E-state index in [9.17, 15) is 15.0 Å². The lowest BCUT2D eigenvalue weighted by atomic mass is 9.55. The Morgan fingerprint density at radius 2 is 1.09 bits per heavy atom. The van der Waals surface area contributed by atoms with Crippen LogP contribution in [0.15, 0.2) is 11.6 Å². The molecule has 25 atom stereocenters. The summed E-state index contributed by atoms with van der Waals surface area (Å²) in [5.41, 5.74) is 0.320. The Balaban J connectivity index is 0.781. The zero-order chi connectivity index (χ0) is 47.0. The molecule has 2 N–H and O–H groups in total. The van der Waals surface area contributed by atoms with E-state index in [1.807, 2.05) is 20.8 Å². The molecule has 0 radical (unpaired) electrons. The molecular formula is C49H78O17. The first-order chi connectivity index (χ1) is 31.4. The van der Waals surface area contributed by atoms with Gasteiger partial charge in [0.2, 0.25) is 0 Å². The highest BCUT2D eigenvalue weighted by Crippen LogP contribution is 2.66. The maximum Gasteiger partial charge on any atom is 0.176 e. The predicted molar refractivity (Wildman–Crippen MR) is 233 cm³/mol. The van der Waals surface area contributed by atoms with Crippen molar-refractivity contribution in [2.24, 2.45) is 22.7 Å². The number of carbonyl (C=O) groups is 1. The van der Waals surface area contributed by atoms with E-state index in [1.165, 1.54) is 5.57 Å². The average molecular weight is 939 g/mol. The molecule has 6 heterocycles. The van der Waals surface area contributed by atoms with Crippen LogP contribution >= 0.6 is 0 Å². The topological polar surface area (TPSA) is 187 Å².